The number of rotatable bonds is 2. The zero-order valence-corrected chi connectivity index (χ0v) is 11.7. The quantitative estimate of drug-likeness (QED) is 0.896. The van der Waals surface area contributed by atoms with E-state index in [2.05, 4.69) is 28.4 Å². The molecule has 102 valence electrons. The molecule has 2 aromatic heterocycles. The van der Waals surface area contributed by atoms with Crippen LogP contribution in [0.3, 0.4) is 0 Å². The molecule has 0 bridgehead atoms. The van der Waals surface area contributed by atoms with E-state index >= 15 is 0 Å². The van der Waals surface area contributed by atoms with Crippen LogP contribution >= 0.6 is 0 Å². The summed E-state index contributed by atoms with van der Waals surface area (Å²) in [4.78, 5) is 8.87. The van der Waals surface area contributed by atoms with E-state index in [1.165, 1.54) is 11.3 Å². The predicted molar refractivity (Wildman–Crippen MR) is 75.1 cm³/mol. The molecular weight excluding hydrogens is 240 g/mol. The average molecular weight is 260 g/mol. The predicted octanol–water partition coefficient (Wildman–Crippen LogP) is 1.98. The molecule has 1 saturated heterocycles. The molecule has 5 nitrogen and oxygen atoms in total. The van der Waals surface area contributed by atoms with Gasteiger partial charge in [0.1, 0.15) is 17.3 Å². The van der Waals surface area contributed by atoms with Gasteiger partial charge in [-0.15, -0.1) is 0 Å². The van der Waals surface area contributed by atoms with Crippen molar-refractivity contribution < 1.29 is 4.74 Å². The van der Waals surface area contributed by atoms with Gasteiger partial charge in [-0.25, -0.2) is 9.97 Å². The van der Waals surface area contributed by atoms with Crippen LogP contribution in [0.2, 0.25) is 0 Å². The third-order valence-electron chi connectivity index (χ3n) is 4.07. The summed E-state index contributed by atoms with van der Waals surface area (Å²) in [7, 11) is 0. The van der Waals surface area contributed by atoms with Gasteiger partial charge in [-0.3, -0.25) is 0 Å². The van der Waals surface area contributed by atoms with Crippen molar-refractivity contribution in [2.45, 2.75) is 33.7 Å². The van der Waals surface area contributed by atoms with Gasteiger partial charge in [0.15, 0.2) is 0 Å². The van der Waals surface area contributed by atoms with Crippen LogP contribution in [0.25, 0.3) is 11.0 Å². The molecule has 1 unspecified atom stereocenters. The number of nitrogens with zero attached hydrogens (tertiary/aromatic N) is 3. The Morgan fingerprint density at radius 2 is 2.11 bits per heavy atom. The first-order valence-electron chi connectivity index (χ1n) is 6.75. The summed E-state index contributed by atoms with van der Waals surface area (Å²) in [6, 6.07) is 0. The van der Waals surface area contributed by atoms with Gasteiger partial charge in [0, 0.05) is 24.8 Å². The van der Waals surface area contributed by atoms with Crippen LogP contribution in [-0.4, -0.2) is 27.7 Å². The smallest absolute Gasteiger partial charge is 0.146 e. The van der Waals surface area contributed by atoms with Gasteiger partial charge in [-0.1, -0.05) is 0 Å². The summed E-state index contributed by atoms with van der Waals surface area (Å²) < 4.78 is 7.74. The largest absolute Gasteiger partial charge is 0.383 e. The molecule has 2 N–H and O–H groups in total. The molecule has 0 saturated carbocycles. The number of hydrogen-bond acceptors (Lipinski definition) is 4. The molecular formula is C14H20N4O. The van der Waals surface area contributed by atoms with Crippen molar-refractivity contribution in [3.63, 3.8) is 0 Å². The fourth-order valence-electron chi connectivity index (χ4n) is 2.89. The van der Waals surface area contributed by atoms with E-state index in [0.717, 1.165) is 43.0 Å². The van der Waals surface area contributed by atoms with E-state index in [1.54, 1.807) is 0 Å². The maximum atomic E-state index is 6.06. The summed E-state index contributed by atoms with van der Waals surface area (Å²) in [5, 5.41) is 1.00. The molecule has 0 aliphatic carbocycles. The zero-order chi connectivity index (χ0) is 13.6. The monoisotopic (exact) mass is 260 g/mol. The Labute approximate surface area is 112 Å². The average Bonchev–Trinajstić information content (AvgIpc) is 2.93. The minimum atomic E-state index is 0.574. The SMILES string of the molecule is Cc1nc(N)c2c(C)c(C)n(CC3CCOC3)c2n1. The Morgan fingerprint density at radius 1 is 1.32 bits per heavy atom. The highest BCUT2D eigenvalue weighted by atomic mass is 16.5. The number of nitrogen functional groups attached to an aromatic ring is 1. The summed E-state index contributed by atoms with van der Waals surface area (Å²) >= 11 is 0. The molecule has 3 rings (SSSR count). The Hall–Kier alpha value is -1.62. The molecule has 2 aromatic rings. The lowest BCUT2D eigenvalue weighted by Crippen LogP contribution is -2.12. The molecule has 5 heteroatoms. The van der Waals surface area contributed by atoms with Crippen LogP contribution < -0.4 is 5.73 Å². The van der Waals surface area contributed by atoms with E-state index in [-0.39, 0.29) is 0 Å². The third-order valence-corrected chi connectivity index (χ3v) is 4.07. The van der Waals surface area contributed by atoms with Crippen molar-refractivity contribution in [3.8, 4) is 0 Å². The lowest BCUT2D eigenvalue weighted by Gasteiger charge is -2.12. The van der Waals surface area contributed by atoms with Crippen LogP contribution in [0.5, 0.6) is 0 Å². The Bertz CT molecular complexity index is 626. The number of ether oxygens (including phenoxy) is 1. The lowest BCUT2D eigenvalue weighted by atomic mass is 10.1. The second-order valence-corrected chi connectivity index (χ2v) is 5.41. The van der Waals surface area contributed by atoms with Crippen LogP contribution in [0.1, 0.15) is 23.5 Å². The molecule has 1 aliphatic rings. The van der Waals surface area contributed by atoms with E-state index in [1.807, 2.05) is 6.92 Å². The maximum Gasteiger partial charge on any atom is 0.146 e. The molecule has 0 radical (unpaired) electrons. The van der Waals surface area contributed by atoms with Crippen LogP contribution in [0.15, 0.2) is 0 Å². The molecule has 0 amide bonds. The van der Waals surface area contributed by atoms with Crippen LogP contribution in [0, 0.1) is 26.7 Å². The molecule has 3 heterocycles. The van der Waals surface area contributed by atoms with Crippen molar-refractivity contribution in [1.29, 1.82) is 0 Å². The first-order valence-corrected chi connectivity index (χ1v) is 6.75. The Kier molecular flexibility index (Phi) is 2.93. The van der Waals surface area contributed by atoms with Gasteiger partial charge in [0.2, 0.25) is 0 Å². The summed E-state index contributed by atoms with van der Waals surface area (Å²) in [6.45, 7) is 8.77. The number of hydrogen-bond donors (Lipinski definition) is 1. The summed E-state index contributed by atoms with van der Waals surface area (Å²) in [5.74, 6) is 1.89. The van der Waals surface area contributed by atoms with E-state index in [0.29, 0.717) is 11.7 Å². The zero-order valence-electron chi connectivity index (χ0n) is 11.7. The Morgan fingerprint density at radius 3 is 2.79 bits per heavy atom. The fourth-order valence-corrected chi connectivity index (χ4v) is 2.89. The van der Waals surface area contributed by atoms with Gasteiger partial charge in [0.05, 0.1) is 12.0 Å². The minimum absolute atomic E-state index is 0.574. The van der Waals surface area contributed by atoms with Gasteiger partial charge < -0.3 is 15.0 Å². The van der Waals surface area contributed by atoms with Crippen LogP contribution in [-0.2, 0) is 11.3 Å². The first kappa shape index (κ1) is 12.4. The summed E-state index contributed by atoms with van der Waals surface area (Å²) in [6.07, 6.45) is 1.12. The highest BCUT2D eigenvalue weighted by Gasteiger charge is 2.21. The second-order valence-electron chi connectivity index (χ2n) is 5.41. The first-order chi connectivity index (χ1) is 9.08. The third kappa shape index (κ3) is 1.98. The summed E-state index contributed by atoms with van der Waals surface area (Å²) in [5.41, 5.74) is 9.44. The molecule has 0 aromatic carbocycles. The molecule has 1 aliphatic heterocycles. The number of aromatic nitrogens is 3. The van der Waals surface area contributed by atoms with Crippen molar-refractivity contribution in [3.05, 3.63) is 17.1 Å². The van der Waals surface area contributed by atoms with E-state index < -0.39 is 0 Å². The van der Waals surface area contributed by atoms with E-state index in [9.17, 15) is 0 Å². The Balaban J connectivity index is 2.14. The highest BCUT2D eigenvalue weighted by Crippen LogP contribution is 2.29. The second kappa shape index (κ2) is 4.49. The fraction of sp³-hybridized carbons (Fsp3) is 0.571. The van der Waals surface area contributed by atoms with E-state index in [4.69, 9.17) is 10.5 Å². The van der Waals surface area contributed by atoms with Gasteiger partial charge >= 0.3 is 0 Å². The highest BCUT2D eigenvalue weighted by molar-refractivity contribution is 5.91. The topological polar surface area (TPSA) is 66.0 Å². The minimum Gasteiger partial charge on any atom is -0.383 e. The van der Waals surface area contributed by atoms with Gasteiger partial charge in [-0.2, -0.15) is 0 Å². The van der Waals surface area contributed by atoms with Gasteiger partial charge in [0.25, 0.3) is 0 Å². The molecule has 1 fully saturated rings. The van der Waals surface area contributed by atoms with Crippen molar-refractivity contribution in [1.82, 2.24) is 14.5 Å². The molecule has 0 spiro atoms. The maximum absolute atomic E-state index is 6.06. The number of fused-ring (bicyclic) bond motifs is 1. The van der Waals surface area contributed by atoms with Crippen LogP contribution in [0.4, 0.5) is 5.82 Å². The number of anilines is 1. The number of aryl methyl sites for hydroxylation is 2. The van der Waals surface area contributed by atoms with Gasteiger partial charge in [-0.05, 0) is 32.8 Å². The van der Waals surface area contributed by atoms with Crippen molar-refractivity contribution in [2.75, 3.05) is 18.9 Å². The molecule has 1 atom stereocenters. The van der Waals surface area contributed by atoms with Crippen molar-refractivity contribution >= 4 is 16.9 Å². The van der Waals surface area contributed by atoms with Crippen molar-refractivity contribution in [2.24, 2.45) is 5.92 Å². The standard InChI is InChI=1S/C14H20N4O/c1-8-9(2)18(6-11-4-5-19-7-11)14-12(8)13(15)16-10(3)17-14/h11H,4-7H2,1-3H3,(H2,15,16,17). The number of nitrogens with two attached hydrogens (primary N) is 1. The normalized spacial score (nSPS) is 19.4. The molecule has 19 heavy (non-hydrogen) atoms. The lowest BCUT2D eigenvalue weighted by molar-refractivity contribution is 0.182.